The normalized spacial score (nSPS) is 30.9. The highest BCUT2D eigenvalue weighted by Crippen LogP contribution is 2.39. The number of aliphatic carboxylic acids is 1. The molecule has 10 heteroatoms. The Balaban J connectivity index is 1.81. The summed E-state index contributed by atoms with van der Waals surface area (Å²) >= 11 is 0. The molecule has 146 valence electrons. The number of sulfonamides is 1. The van der Waals surface area contributed by atoms with Gasteiger partial charge in [-0.2, -0.15) is 13.2 Å². The number of hydrogen-bond acceptors (Lipinski definition) is 4. The van der Waals surface area contributed by atoms with Crippen molar-refractivity contribution in [2.24, 2.45) is 5.92 Å². The molecule has 0 aromatic rings. The van der Waals surface area contributed by atoms with Crippen molar-refractivity contribution in [1.29, 1.82) is 0 Å². The Hall–Kier alpha value is -0.870. The Morgan fingerprint density at radius 2 is 1.76 bits per heavy atom. The summed E-state index contributed by atoms with van der Waals surface area (Å²) in [6, 6.07) is -0.243. The average Bonchev–Trinajstić information content (AvgIpc) is 2.47. The Morgan fingerprint density at radius 3 is 2.20 bits per heavy atom. The second-order valence-corrected chi connectivity index (χ2v) is 8.95. The minimum atomic E-state index is -4.25. The van der Waals surface area contributed by atoms with Gasteiger partial charge in [0.05, 0.1) is 17.7 Å². The van der Waals surface area contributed by atoms with E-state index in [1.54, 1.807) is 4.90 Å². The summed E-state index contributed by atoms with van der Waals surface area (Å²) in [4.78, 5) is 12.6. The first-order valence-electron chi connectivity index (χ1n) is 8.56. The lowest BCUT2D eigenvalue weighted by molar-refractivity contribution is -0.181. The summed E-state index contributed by atoms with van der Waals surface area (Å²) in [5.41, 5.74) is 0. The van der Waals surface area contributed by atoms with Crippen LogP contribution >= 0.6 is 0 Å². The first-order valence-corrected chi connectivity index (χ1v) is 10.1. The van der Waals surface area contributed by atoms with E-state index in [-0.39, 0.29) is 44.3 Å². The maximum atomic E-state index is 12.7. The van der Waals surface area contributed by atoms with Crippen LogP contribution in [-0.2, 0) is 14.8 Å². The lowest BCUT2D eigenvalue weighted by Crippen LogP contribution is -2.56. The van der Waals surface area contributed by atoms with E-state index < -0.39 is 33.3 Å². The van der Waals surface area contributed by atoms with Gasteiger partial charge in [0, 0.05) is 12.1 Å². The van der Waals surface area contributed by atoms with Crippen LogP contribution in [0.2, 0.25) is 0 Å². The summed E-state index contributed by atoms with van der Waals surface area (Å²) in [6.45, 7) is 2.33. The van der Waals surface area contributed by atoms with E-state index >= 15 is 0 Å². The fraction of sp³-hybridized carbons (Fsp3) is 0.933. The predicted molar refractivity (Wildman–Crippen MR) is 85.5 cm³/mol. The van der Waals surface area contributed by atoms with Crippen molar-refractivity contribution in [1.82, 2.24) is 9.62 Å². The topological polar surface area (TPSA) is 86.7 Å². The maximum absolute atomic E-state index is 12.7. The van der Waals surface area contributed by atoms with E-state index in [1.165, 1.54) is 0 Å². The standard InChI is InChI=1S/C15H25F3N2O4S/c1-2-20(9-14(21)22)12-7-11(8-12)19-25(23,24)13-5-3-10(4-6-13)15(16,17)18/h10-13,19H,2-9H2,1H3,(H,21,22). The number of hydrogen-bond donors (Lipinski definition) is 2. The molecule has 2 aliphatic carbocycles. The second-order valence-electron chi connectivity index (χ2n) is 6.96. The van der Waals surface area contributed by atoms with Crippen LogP contribution in [0.1, 0.15) is 45.4 Å². The van der Waals surface area contributed by atoms with Crippen molar-refractivity contribution in [3.05, 3.63) is 0 Å². The van der Waals surface area contributed by atoms with E-state index in [2.05, 4.69) is 4.72 Å². The number of rotatable bonds is 7. The van der Waals surface area contributed by atoms with Gasteiger partial charge in [0.25, 0.3) is 0 Å². The van der Waals surface area contributed by atoms with Crippen molar-refractivity contribution < 1.29 is 31.5 Å². The molecule has 0 aliphatic heterocycles. The summed E-state index contributed by atoms with van der Waals surface area (Å²) in [5, 5.41) is 8.08. The number of carboxylic acid groups (broad SMARTS) is 1. The van der Waals surface area contributed by atoms with Crippen LogP contribution < -0.4 is 4.72 Å². The van der Waals surface area contributed by atoms with Gasteiger partial charge >= 0.3 is 12.1 Å². The highest BCUT2D eigenvalue weighted by atomic mass is 32.2. The lowest BCUT2D eigenvalue weighted by atomic mass is 9.86. The van der Waals surface area contributed by atoms with Crippen molar-refractivity contribution in [2.75, 3.05) is 13.1 Å². The van der Waals surface area contributed by atoms with Crippen molar-refractivity contribution in [3.8, 4) is 0 Å². The number of nitrogens with one attached hydrogen (secondary N) is 1. The van der Waals surface area contributed by atoms with Gasteiger partial charge in [-0.05, 0) is 45.1 Å². The molecule has 0 saturated heterocycles. The zero-order chi connectivity index (χ0) is 18.8. The van der Waals surface area contributed by atoms with Gasteiger partial charge < -0.3 is 5.11 Å². The first kappa shape index (κ1) is 20.4. The zero-order valence-corrected chi connectivity index (χ0v) is 14.9. The molecular formula is C15H25F3N2O4S. The molecule has 0 spiro atoms. The smallest absolute Gasteiger partial charge is 0.391 e. The van der Waals surface area contributed by atoms with Crippen LogP contribution in [0, 0.1) is 5.92 Å². The van der Waals surface area contributed by atoms with Crippen molar-refractivity contribution >= 4 is 16.0 Å². The summed E-state index contributed by atoms with van der Waals surface area (Å²) < 4.78 is 65.3. The lowest BCUT2D eigenvalue weighted by Gasteiger charge is -2.42. The molecule has 0 aromatic carbocycles. The molecule has 0 aromatic heterocycles. The molecule has 0 amide bonds. The van der Waals surface area contributed by atoms with Gasteiger partial charge in [-0.3, -0.25) is 9.69 Å². The van der Waals surface area contributed by atoms with Crippen LogP contribution in [0.5, 0.6) is 0 Å². The van der Waals surface area contributed by atoms with Gasteiger partial charge in [-0.15, -0.1) is 0 Å². The summed E-state index contributed by atoms with van der Waals surface area (Å²) in [7, 11) is -3.64. The number of alkyl halides is 3. The summed E-state index contributed by atoms with van der Waals surface area (Å²) in [5.74, 6) is -2.33. The number of carbonyl (C=O) groups is 1. The number of halogens is 3. The highest BCUT2D eigenvalue weighted by molar-refractivity contribution is 7.90. The van der Waals surface area contributed by atoms with Crippen molar-refractivity contribution in [3.63, 3.8) is 0 Å². The van der Waals surface area contributed by atoms with E-state index in [4.69, 9.17) is 5.11 Å². The molecule has 2 rings (SSSR count). The molecule has 6 nitrogen and oxygen atoms in total. The van der Waals surface area contributed by atoms with Gasteiger partial charge in [0.2, 0.25) is 10.0 Å². The van der Waals surface area contributed by atoms with Gasteiger partial charge in [0.1, 0.15) is 0 Å². The Labute approximate surface area is 145 Å². The molecule has 2 N–H and O–H groups in total. The summed E-state index contributed by atoms with van der Waals surface area (Å²) in [6.07, 6.45) is -3.45. The first-order chi connectivity index (χ1) is 11.5. The fourth-order valence-electron chi connectivity index (χ4n) is 3.68. The van der Waals surface area contributed by atoms with E-state index in [0.29, 0.717) is 19.4 Å². The minimum Gasteiger partial charge on any atom is -0.480 e. The van der Waals surface area contributed by atoms with Crippen LogP contribution in [0.25, 0.3) is 0 Å². The van der Waals surface area contributed by atoms with E-state index in [9.17, 15) is 26.4 Å². The molecule has 0 bridgehead atoms. The molecule has 2 aliphatic rings. The molecule has 0 atom stereocenters. The SMILES string of the molecule is CCN(CC(=O)O)C1CC(NS(=O)(=O)C2CCC(C(F)(F)F)CC2)C1. The average molecular weight is 386 g/mol. The molecule has 0 heterocycles. The fourth-order valence-corrected chi connectivity index (χ4v) is 5.43. The second kappa shape index (κ2) is 7.79. The quantitative estimate of drug-likeness (QED) is 0.699. The third-order valence-corrected chi connectivity index (χ3v) is 7.29. The Morgan fingerprint density at radius 1 is 1.20 bits per heavy atom. The number of carboxylic acids is 1. The largest absolute Gasteiger partial charge is 0.480 e. The van der Waals surface area contributed by atoms with Gasteiger partial charge in [0.15, 0.2) is 0 Å². The monoisotopic (exact) mass is 386 g/mol. The number of nitrogens with zero attached hydrogens (tertiary/aromatic N) is 1. The maximum Gasteiger partial charge on any atom is 0.391 e. The Kier molecular flexibility index (Phi) is 6.37. The van der Waals surface area contributed by atoms with E-state index in [1.807, 2.05) is 6.92 Å². The van der Waals surface area contributed by atoms with Crippen LogP contribution in [0.15, 0.2) is 0 Å². The van der Waals surface area contributed by atoms with Gasteiger partial charge in [-0.25, -0.2) is 13.1 Å². The number of likely N-dealkylation sites (N-methyl/N-ethyl adjacent to an activating group) is 1. The van der Waals surface area contributed by atoms with Crippen LogP contribution in [0.4, 0.5) is 13.2 Å². The predicted octanol–water partition coefficient (Wildman–Crippen LogP) is 1.96. The third kappa shape index (κ3) is 5.30. The zero-order valence-electron chi connectivity index (χ0n) is 14.1. The Bertz CT molecular complexity index is 568. The molecule has 0 radical (unpaired) electrons. The van der Waals surface area contributed by atoms with E-state index in [0.717, 1.165) is 0 Å². The van der Waals surface area contributed by atoms with Gasteiger partial charge in [-0.1, -0.05) is 6.92 Å². The molecule has 2 fully saturated rings. The molecule has 0 unspecified atom stereocenters. The van der Waals surface area contributed by atoms with Crippen LogP contribution in [0.3, 0.4) is 0 Å². The minimum absolute atomic E-state index is 0.0229. The third-order valence-electron chi connectivity index (χ3n) is 5.28. The molecular weight excluding hydrogens is 361 g/mol. The molecule has 25 heavy (non-hydrogen) atoms. The molecule has 2 saturated carbocycles. The highest BCUT2D eigenvalue weighted by Gasteiger charge is 2.44. The van der Waals surface area contributed by atoms with Crippen molar-refractivity contribution in [2.45, 2.75) is 69.0 Å². The van der Waals surface area contributed by atoms with Crippen LogP contribution in [-0.4, -0.2) is 61.0 Å².